The predicted octanol–water partition coefficient (Wildman–Crippen LogP) is 1.21. The first-order chi connectivity index (χ1) is 9.58. The standard InChI is InChI=1S/C15H23N3O2.ClH/c1-11-4-2-5-14(19)18(11)9-3-8-17-15(20)12-6-7-13(16)10-12;/h2,4-5,12-13H,3,6-10,16H2,1H3,(H,17,20);1H/t12-,13+;/m0./s1. The molecule has 3 N–H and O–H groups in total. The fourth-order valence-electron chi connectivity index (χ4n) is 2.76. The molecule has 1 fully saturated rings. The minimum Gasteiger partial charge on any atom is -0.356 e. The van der Waals surface area contributed by atoms with Gasteiger partial charge in [0.05, 0.1) is 0 Å². The molecule has 0 aromatic carbocycles. The van der Waals surface area contributed by atoms with Crippen molar-refractivity contribution in [1.82, 2.24) is 9.88 Å². The molecule has 1 aliphatic rings. The first kappa shape index (κ1) is 17.7. The zero-order valence-electron chi connectivity index (χ0n) is 12.4. The number of amides is 1. The summed E-state index contributed by atoms with van der Waals surface area (Å²) in [5, 5.41) is 2.94. The Morgan fingerprint density at radius 3 is 2.81 bits per heavy atom. The summed E-state index contributed by atoms with van der Waals surface area (Å²) < 4.78 is 1.73. The van der Waals surface area contributed by atoms with E-state index in [9.17, 15) is 9.59 Å². The van der Waals surface area contributed by atoms with Crippen molar-refractivity contribution < 1.29 is 4.79 Å². The van der Waals surface area contributed by atoms with Gasteiger partial charge in [0, 0.05) is 36.8 Å². The van der Waals surface area contributed by atoms with Gasteiger partial charge in [-0.1, -0.05) is 6.07 Å². The van der Waals surface area contributed by atoms with E-state index < -0.39 is 0 Å². The number of carbonyl (C=O) groups is 1. The Morgan fingerprint density at radius 2 is 2.19 bits per heavy atom. The maximum absolute atomic E-state index is 11.9. The fraction of sp³-hybridized carbons (Fsp3) is 0.600. The van der Waals surface area contributed by atoms with Crippen LogP contribution in [0.25, 0.3) is 0 Å². The van der Waals surface area contributed by atoms with Crippen molar-refractivity contribution in [1.29, 1.82) is 0 Å². The van der Waals surface area contributed by atoms with E-state index in [1.54, 1.807) is 16.7 Å². The van der Waals surface area contributed by atoms with Gasteiger partial charge in [0.15, 0.2) is 0 Å². The molecular formula is C15H24ClN3O2. The van der Waals surface area contributed by atoms with Crippen LogP contribution in [0, 0.1) is 12.8 Å². The summed E-state index contributed by atoms with van der Waals surface area (Å²) in [6.07, 6.45) is 3.39. The molecule has 1 aromatic rings. The van der Waals surface area contributed by atoms with Crippen LogP contribution >= 0.6 is 12.4 Å². The highest BCUT2D eigenvalue weighted by Gasteiger charge is 2.27. The van der Waals surface area contributed by atoms with Crippen molar-refractivity contribution >= 4 is 18.3 Å². The number of nitrogens with one attached hydrogen (secondary N) is 1. The largest absolute Gasteiger partial charge is 0.356 e. The van der Waals surface area contributed by atoms with Gasteiger partial charge in [-0.15, -0.1) is 12.4 Å². The Kier molecular flexibility index (Phi) is 6.92. The Bertz CT molecular complexity index is 530. The molecule has 0 aliphatic heterocycles. The number of nitrogens with two attached hydrogens (primary N) is 1. The maximum Gasteiger partial charge on any atom is 0.250 e. The van der Waals surface area contributed by atoms with Crippen molar-refractivity contribution in [2.24, 2.45) is 11.7 Å². The third-order valence-corrected chi connectivity index (χ3v) is 3.97. The number of nitrogens with zero attached hydrogens (tertiary/aromatic N) is 1. The van der Waals surface area contributed by atoms with Gasteiger partial charge >= 0.3 is 0 Å². The highest BCUT2D eigenvalue weighted by Crippen LogP contribution is 2.23. The molecule has 2 atom stereocenters. The van der Waals surface area contributed by atoms with Crippen LogP contribution in [0.15, 0.2) is 23.0 Å². The van der Waals surface area contributed by atoms with Gasteiger partial charge in [0.2, 0.25) is 5.91 Å². The molecular weight excluding hydrogens is 290 g/mol. The van der Waals surface area contributed by atoms with Gasteiger partial charge in [-0.3, -0.25) is 9.59 Å². The number of carbonyl (C=O) groups excluding carboxylic acids is 1. The van der Waals surface area contributed by atoms with Crippen LogP contribution < -0.4 is 16.6 Å². The van der Waals surface area contributed by atoms with Gasteiger partial charge in [-0.05, 0) is 38.7 Å². The molecule has 1 aliphatic carbocycles. The summed E-state index contributed by atoms with van der Waals surface area (Å²) >= 11 is 0. The Labute approximate surface area is 131 Å². The smallest absolute Gasteiger partial charge is 0.250 e. The van der Waals surface area contributed by atoms with Crippen molar-refractivity contribution in [3.8, 4) is 0 Å². The first-order valence-corrected chi connectivity index (χ1v) is 7.27. The number of hydrogen-bond acceptors (Lipinski definition) is 3. The highest BCUT2D eigenvalue weighted by atomic mass is 35.5. The molecule has 1 heterocycles. The van der Waals surface area contributed by atoms with Crippen LogP contribution in [0.1, 0.15) is 31.4 Å². The van der Waals surface area contributed by atoms with Crippen LogP contribution in [0.5, 0.6) is 0 Å². The molecule has 5 nitrogen and oxygen atoms in total. The van der Waals surface area contributed by atoms with E-state index in [1.807, 2.05) is 13.0 Å². The molecule has 0 unspecified atom stereocenters. The zero-order valence-corrected chi connectivity index (χ0v) is 13.2. The Morgan fingerprint density at radius 1 is 1.43 bits per heavy atom. The molecule has 6 heteroatoms. The maximum atomic E-state index is 11.9. The minimum absolute atomic E-state index is 0. The topological polar surface area (TPSA) is 77.1 Å². The lowest BCUT2D eigenvalue weighted by Crippen LogP contribution is -2.32. The van der Waals surface area contributed by atoms with Crippen LogP contribution in [0.2, 0.25) is 0 Å². The molecule has 1 aromatic heterocycles. The summed E-state index contributed by atoms with van der Waals surface area (Å²) in [6, 6.07) is 5.42. The normalized spacial score (nSPS) is 20.9. The molecule has 118 valence electrons. The van der Waals surface area contributed by atoms with Crippen LogP contribution in [-0.4, -0.2) is 23.1 Å². The summed E-state index contributed by atoms with van der Waals surface area (Å²) in [5.41, 5.74) is 6.77. The van der Waals surface area contributed by atoms with Crippen molar-refractivity contribution in [3.05, 3.63) is 34.2 Å². The molecule has 0 radical (unpaired) electrons. The average molecular weight is 314 g/mol. The van der Waals surface area contributed by atoms with Gasteiger partial charge < -0.3 is 15.6 Å². The van der Waals surface area contributed by atoms with Crippen molar-refractivity contribution in [2.45, 2.75) is 45.2 Å². The molecule has 0 spiro atoms. The lowest BCUT2D eigenvalue weighted by molar-refractivity contribution is -0.124. The predicted molar refractivity (Wildman–Crippen MR) is 85.6 cm³/mol. The second kappa shape index (κ2) is 8.20. The van der Waals surface area contributed by atoms with Crippen LogP contribution in [0.3, 0.4) is 0 Å². The van der Waals surface area contributed by atoms with E-state index in [1.165, 1.54) is 0 Å². The zero-order chi connectivity index (χ0) is 14.5. The van der Waals surface area contributed by atoms with Crippen LogP contribution in [-0.2, 0) is 11.3 Å². The van der Waals surface area contributed by atoms with Gasteiger partial charge in [-0.2, -0.15) is 0 Å². The number of aromatic nitrogens is 1. The Balaban J connectivity index is 0.00000220. The second-order valence-electron chi connectivity index (χ2n) is 5.57. The van der Waals surface area contributed by atoms with E-state index in [4.69, 9.17) is 5.73 Å². The first-order valence-electron chi connectivity index (χ1n) is 7.27. The lowest BCUT2D eigenvalue weighted by atomic mass is 10.1. The number of pyridine rings is 1. The second-order valence-corrected chi connectivity index (χ2v) is 5.57. The average Bonchev–Trinajstić information content (AvgIpc) is 2.84. The van der Waals surface area contributed by atoms with Gasteiger partial charge in [-0.25, -0.2) is 0 Å². The van der Waals surface area contributed by atoms with E-state index >= 15 is 0 Å². The molecule has 0 bridgehead atoms. The van der Waals surface area contributed by atoms with Crippen molar-refractivity contribution in [3.63, 3.8) is 0 Å². The summed E-state index contributed by atoms with van der Waals surface area (Å²) in [6.45, 7) is 3.15. The quantitative estimate of drug-likeness (QED) is 0.802. The van der Waals surface area contributed by atoms with E-state index in [-0.39, 0.29) is 35.8 Å². The third kappa shape index (κ3) is 4.86. The fourth-order valence-corrected chi connectivity index (χ4v) is 2.76. The number of aryl methyl sites for hydroxylation is 1. The summed E-state index contributed by atoms with van der Waals surface area (Å²) in [5.74, 6) is 0.182. The minimum atomic E-state index is 0. The van der Waals surface area contributed by atoms with Crippen molar-refractivity contribution in [2.75, 3.05) is 6.54 Å². The van der Waals surface area contributed by atoms with E-state index in [2.05, 4.69) is 5.32 Å². The number of rotatable bonds is 5. The third-order valence-electron chi connectivity index (χ3n) is 3.97. The van der Waals surface area contributed by atoms with E-state index in [0.717, 1.165) is 31.4 Å². The monoisotopic (exact) mass is 313 g/mol. The van der Waals surface area contributed by atoms with Crippen LogP contribution in [0.4, 0.5) is 0 Å². The highest BCUT2D eigenvalue weighted by molar-refractivity contribution is 5.85. The van der Waals surface area contributed by atoms with Gasteiger partial charge in [0.1, 0.15) is 0 Å². The number of halogens is 1. The Hall–Kier alpha value is -1.33. The summed E-state index contributed by atoms with van der Waals surface area (Å²) in [7, 11) is 0. The molecule has 2 rings (SSSR count). The molecule has 1 saturated carbocycles. The summed E-state index contributed by atoms with van der Waals surface area (Å²) in [4.78, 5) is 23.6. The number of hydrogen-bond donors (Lipinski definition) is 2. The SMILES string of the molecule is Cc1cccc(=O)n1CCCNC(=O)[C@H]1CC[C@@H](N)C1.Cl. The molecule has 21 heavy (non-hydrogen) atoms. The van der Waals surface area contributed by atoms with Gasteiger partial charge in [0.25, 0.3) is 5.56 Å². The molecule has 0 saturated heterocycles. The lowest BCUT2D eigenvalue weighted by Gasteiger charge is -2.12. The molecule has 1 amide bonds. The van der Waals surface area contributed by atoms with E-state index in [0.29, 0.717) is 13.1 Å².